The van der Waals surface area contributed by atoms with Crippen LogP contribution in [0.1, 0.15) is 41.3 Å². The zero-order valence-electron chi connectivity index (χ0n) is 20.3. The Bertz CT molecular complexity index is 1410. The molecule has 1 fully saturated rings. The van der Waals surface area contributed by atoms with Crippen LogP contribution >= 0.6 is 0 Å². The first-order chi connectivity index (χ1) is 17.8. The Hall–Kier alpha value is -4.06. The smallest absolute Gasteiger partial charge is 0.434 e. The highest BCUT2D eigenvalue weighted by Gasteiger charge is 2.34. The van der Waals surface area contributed by atoms with E-state index in [4.69, 9.17) is 15.5 Å². The minimum absolute atomic E-state index is 0.236. The molecule has 0 unspecified atom stereocenters. The van der Waals surface area contributed by atoms with Crippen LogP contribution in [0.2, 0.25) is 0 Å². The molecule has 1 aliphatic carbocycles. The Morgan fingerprint density at radius 3 is 2.49 bits per heavy atom. The van der Waals surface area contributed by atoms with E-state index in [1.54, 1.807) is 25.4 Å². The van der Waals surface area contributed by atoms with E-state index in [-0.39, 0.29) is 12.4 Å². The van der Waals surface area contributed by atoms with Crippen molar-refractivity contribution in [1.29, 1.82) is 0 Å². The molecule has 1 saturated carbocycles. The predicted molar refractivity (Wildman–Crippen MR) is 130 cm³/mol. The largest absolute Gasteiger partial charge is 0.480 e. The van der Waals surface area contributed by atoms with Crippen molar-refractivity contribution in [3.05, 3.63) is 65.5 Å². The fourth-order valence-corrected chi connectivity index (χ4v) is 4.07. The zero-order valence-corrected chi connectivity index (χ0v) is 20.3. The van der Waals surface area contributed by atoms with Gasteiger partial charge in [0.2, 0.25) is 5.88 Å². The molecule has 0 radical (unpaired) electrons. The van der Waals surface area contributed by atoms with Crippen molar-refractivity contribution in [2.24, 2.45) is 12.8 Å². The van der Waals surface area contributed by atoms with Crippen molar-refractivity contribution >= 4 is 5.82 Å². The van der Waals surface area contributed by atoms with Gasteiger partial charge < -0.3 is 20.4 Å². The Morgan fingerprint density at radius 1 is 1.11 bits per heavy atom. The molecule has 0 aliphatic heterocycles. The number of anilines is 1. The number of halogens is 3. The molecule has 0 bridgehead atoms. The quantitative estimate of drug-likeness (QED) is 0.360. The number of aromatic nitrogens is 6. The lowest BCUT2D eigenvalue weighted by Gasteiger charge is -2.14. The molecule has 3 heterocycles. The van der Waals surface area contributed by atoms with E-state index in [1.165, 1.54) is 17.9 Å². The van der Waals surface area contributed by atoms with Gasteiger partial charge in [-0.25, -0.2) is 24.9 Å². The van der Waals surface area contributed by atoms with E-state index in [0.29, 0.717) is 41.1 Å². The van der Waals surface area contributed by atoms with Gasteiger partial charge in [-0.1, -0.05) is 24.3 Å². The molecule has 4 aromatic rings. The molecule has 0 atom stereocenters. The summed E-state index contributed by atoms with van der Waals surface area (Å²) in [5.74, 6) is 2.02. The second-order valence-corrected chi connectivity index (χ2v) is 8.80. The summed E-state index contributed by atoms with van der Waals surface area (Å²) in [5.41, 5.74) is 8.77. The predicted octanol–water partition coefficient (Wildman–Crippen LogP) is 4.31. The third-order valence-electron chi connectivity index (χ3n) is 6.15. The summed E-state index contributed by atoms with van der Waals surface area (Å²) in [4.78, 5) is 21.7. The van der Waals surface area contributed by atoms with E-state index in [2.05, 4.69) is 25.3 Å². The Labute approximate surface area is 211 Å². The molecule has 1 aliphatic rings. The van der Waals surface area contributed by atoms with Crippen LogP contribution in [0, 0.1) is 0 Å². The van der Waals surface area contributed by atoms with Gasteiger partial charge in [0.05, 0.1) is 12.8 Å². The van der Waals surface area contributed by atoms with Crippen LogP contribution in [0.15, 0.2) is 43.0 Å². The lowest BCUT2D eigenvalue weighted by atomic mass is 10.1. The highest BCUT2D eigenvalue weighted by atomic mass is 19.4. The van der Waals surface area contributed by atoms with Gasteiger partial charge in [0.1, 0.15) is 23.5 Å². The second kappa shape index (κ2) is 9.77. The van der Waals surface area contributed by atoms with Crippen LogP contribution in [0.3, 0.4) is 0 Å². The molecule has 3 aromatic heterocycles. The van der Waals surface area contributed by atoms with Crippen LogP contribution in [-0.2, 0) is 26.3 Å². The Balaban J connectivity index is 1.38. The van der Waals surface area contributed by atoms with Crippen molar-refractivity contribution in [1.82, 2.24) is 29.5 Å². The van der Waals surface area contributed by atoms with Gasteiger partial charge in [-0.05, 0) is 18.4 Å². The molecule has 0 spiro atoms. The average Bonchev–Trinajstić information content (AvgIpc) is 3.67. The maximum Gasteiger partial charge on any atom is 0.434 e. The number of methoxy groups -OCH3 is 1. The molecule has 3 N–H and O–H groups in total. The van der Waals surface area contributed by atoms with Gasteiger partial charge in [-0.3, -0.25) is 0 Å². The highest BCUT2D eigenvalue weighted by Crippen LogP contribution is 2.45. The van der Waals surface area contributed by atoms with Gasteiger partial charge in [0.15, 0.2) is 11.5 Å². The van der Waals surface area contributed by atoms with Gasteiger partial charge >= 0.3 is 6.18 Å². The number of nitrogens with one attached hydrogen (secondary N) is 1. The van der Waals surface area contributed by atoms with Crippen LogP contribution in [0.25, 0.3) is 22.8 Å². The van der Waals surface area contributed by atoms with E-state index < -0.39 is 11.9 Å². The molecule has 0 saturated heterocycles. The lowest BCUT2D eigenvalue weighted by Crippen LogP contribution is -2.10. The lowest BCUT2D eigenvalue weighted by molar-refractivity contribution is -0.140. The van der Waals surface area contributed by atoms with Gasteiger partial charge in [0.25, 0.3) is 0 Å². The number of aryl methyl sites for hydroxylation is 1. The van der Waals surface area contributed by atoms with Crippen molar-refractivity contribution in [2.75, 3.05) is 12.4 Å². The van der Waals surface area contributed by atoms with E-state index in [1.807, 2.05) is 12.1 Å². The monoisotopic (exact) mass is 510 g/mol. The van der Waals surface area contributed by atoms with Gasteiger partial charge in [-0.15, -0.1) is 0 Å². The van der Waals surface area contributed by atoms with Crippen LogP contribution < -0.4 is 15.8 Å². The molecular formula is C25H25F3N8O. The first kappa shape index (κ1) is 24.6. The molecule has 1 aromatic carbocycles. The minimum Gasteiger partial charge on any atom is -0.480 e. The first-order valence-corrected chi connectivity index (χ1v) is 11.7. The number of nitrogens with zero attached hydrogens (tertiary/aromatic N) is 6. The summed E-state index contributed by atoms with van der Waals surface area (Å²) in [5, 5.41) is 3.30. The third-order valence-corrected chi connectivity index (χ3v) is 6.15. The van der Waals surface area contributed by atoms with E-state index in [0.717, 1.165) is 35.9 Å². The number of benzene rings is 1. The van der Waals surface area contributed by atoms with Crippen molar-refractivity contribution in [2.45, 2.75) is 38.0 Å². The average molecular weight is 511 g/mol. The van der Waals surface area contributed by atoms with Crippen LogP contribution in [0.4, 0.5) is 19.0 Å². The number of ether oxygens (including phenoxy) is 1. The number of hydrogen-bond acceptors (Lipinski definition) is 8. The summed E-state index contributed by atoms with van der Waals surface area (Å²) < 4.78 is 45.9. The zero-order chi connectivity index (χ0) is 26.2. The number of rotatable bonds is 8. The second-order valence-electron chi connectivity index (χ2n) is 8.80. The first-order valence-electron chi connectivity index (χ1n) is 11.7. The number of hydrogen-bond donors (Lipinski definition) is 2. The molecule has 192 valence electrons. The van der Waals surface area contributed by atoms with Gasteiger partial charge in [-0.2, -0.15) is 13.2 Å². The van der Waals surface area contributed by atoms with Gasteiger partial charge in [0, 0.05) is 49.6 Å². The topological polar surface area (TPSA) is 117 Å². The number of nitrogens with two attached hydrogens (primary N) is 1. The highest BCUT2D eigenvalue weighted by molar-refractivity contribution is 5.67. The normalized spacial score (nSPS) is 13.6. The minimum atomic E-state index is -4.49. The molecule has 12 heteroatoms. The summed E-state index contributed by atoms with van der Waals surface area (Å²) in [6, 6.07) is 7.13. The van der Waals surface area contributed by atoms with Crippen LogP contribution in [-0.4, -0.2) is 36.6 Å². The SMILES string of the molecule is COc1ncnc(C2CC2)c1-c1ncc(CN)c(NCc2ccc(-c3nc(C(F)(F)F)cn3C)cc2)n1. The molecular weight excluding hydrogens is 485 g/mol. The Kier molecular flexibility index (Phi) is 6.50. The maximum atomic E-state index is 13.0. The van der Waals surface area contributed by atoms with Crippen molar-refractivity contribution in [3.63, 3.8) is 0 Å². The summed E-state index contributed by atoms with van der Waals surface area (Å²) in [7, 11) is 3.09. The Morgan fingerprint density at radius 2 is 1.86 bits per heavy atom. The van der Waals surface area contributed by atoms with E-state index >= 15 is 0 Å². The van der Waals surface area contributed by atoms with Crippen molar-refractivity contribution < 1.29 is 17.9 Å². The maximum absolute atomic E-state index is 13.0. The van der Waals surface area contributed by atoms with Crippen molar-refractivity contribution in [3.8, 4) is 28.7 Å². The molecule has 5 rings (SSSR count). The summed E-state index contributed by atoms with van der Waals surface area (Å²) in [6.07, 6.45) is 1.74. The van der Waals surface area contributed by atoms with Crippen LogP contribution in [0.5, 0.6) is 5.88 Å². The summed E-state index contributed by atoms with van der Waals surface area (Å²) in [6.45, 7) is 0.649. The number of alkyl halides is 3. The molecule has 0 amide bonds. The summed E-state index contributed by atoms with van der Waals surface area (Å²) >= 11 is 0. The third kappa shape index (κ3) is 5.10. The fraction of sp³-hybridized carbons (Fsp3) is 0.320. The fourth-order valence-electron chi connectivity index (χ4n) is 4.07. The molecule has 37 heavy (non-hydrogen) atoms. The van der Waals surface area contributed by atoms with E-state index in [9.17, 15) is 13.2 Å². The standard InChI is InChI=1S/C25H25F3N8O/c1-36-12-18(25(26,27)28)34-23(36)16-5-3-14(4-6-16)10-30-21-17(9-29)11-31-22(35-21)19-20(15-7-8-15)32-13-33-24(19)37-2/h3-6,11-13,15H,7-10,29H2,1-2H3,(H,30,31,35). The number of imidazole rings is 1. The molecule has 9 nitrogen and oxygen atoms in total.